The van der Waals surface area contributed by atoms with Crippen molar-refractivity contribution in [3.63, 3.8) is 0 Å². The number of fused-ring (bicyclic) bond motifs is 2. The van der Waals surface area contributed by atoms with Crippen LogP contribution in [0.15, 0.2) is 12.2 Å². The normalized spacial score (nSPS) is 51.3. The van der Waals surface area contributed by atoms with Crippen LogP contribution in [0, 0.1) is 34.0 Å². The van der Waals surface area contributed by atoms with Gasteiger partial charge < -0.3 is 30.5 Å². The molecule has 6 rings (SSSR count). The van der Waals surface area contributed by atoms with Crippen LogP contribution in [0.4, 0.5) is 0 Å². The number of Topliss-reactive ketones (excluding diaryl/α,β-unsaturated/α-hetero) is 1. The number of nitrogens with two attached hydrogens (primary N) is 1. The molecule has 4 bridgehead atoms. The minimum atomic E-state index is -2.22. The second-order valence-corrected chi connectivity index (χ2v) is 11.2. The van der Waals surface area contributed by atoms with Gasteiger partial charge in [0.05, 0.1) is 12.7 Å². The van der Waals surface area contributed by atoms with E-state index >= 15 is 0 Å². The average molecular weight is 459 g/mol. The molecule has 0 aromatic rings. The number of esters is 1. The number of ketones is 1. The second-order valence-electron chi connectivity index (χ2n) is 11.2. The molecule has 6 unspecified atom stereocenters. The van der Waals surface area contributed by atoms with Crippen LogP contribution in [0.1, 0.15) is 46.5 Å². The van der Waals surface area contributed by atoms with E-state index in [1.807, 2.05) is 13.8 Å². The molecule has 0 aromatic heterocycles. The number of aliphatic hydroxyl groups is 3. The predicted octanol–water partition coefficient (Wildman–Crippen LogP) is -2.72. The van der Waals surface area contributed by atoms with Crippen molar-refractivity contribution in [2.45, 2.75) is 76.6 Å². The van der Waals surface area contributed by atoms with Gasteiger partial charge in [-0.05, 0) is 49.5 Å². The third kappa shape index (κ3) is 2.51. The summed E-state index contributed by atoms with van der Waals surface area (Å²) in [6.45, 7) is 9.56. The van der Waals surface area contributed by atoms with Gasteiger partial charge in [0.1, 0.15) is 23.7 Å². The summed E-state index contributed by atoms with van der Waals surface area (Å²) in [5.41, 5.74) is 3.00. The summed E-state index contributed by atoms with van der Waals surface area (Å²) in [7, 11) is 0. The zero-order chi connectivity index (χ0) is 22.7. The first-order chi connectivity index (χ1) is 14.4. The molecular weight excluding hydrogens is 425 g/mol. The van der Waals surface area contributed by atoms with E-state index < -0.39 is 75.9 Å². The maximum atomic E-state index is 13.6. The Hall–Kier alpha value is -0.320. The van der Waals surface area contributed by atoms with Crippen molar-refractivity contribution >= 4 is 11.8 Å². The summed E-state index contributed by atoms with van der Waals surface area (Å²) in [6, 6.07) is -0.817. The SMILES string of the molecule is C=C1C(=O)C23C(CCC1[C@H]2O)C12CO[C@@]3(O)[C@@H](O)C1C(C)(C)CC[C@@H]2OC(=O)C(C)N.[Na+]. The Morgan fingerprint density at radius 1 is 1.25 bits per heavy atom. The first-order valence-corrected chi connectivity index (χ1v) is 11.3. The zero-order valence-electron chi connectivity index (χ0n) is 19.3. The maximum Gasteiger partial charge on any atom is 1.00 e. The van der Waals surface area contributed by atoms with Crippen LogP contribution < -0.4 is 35.3 Å². The van der Waals surface area contributed by atoms with Crippen LogP contribution >= 0.6 is 0 Å². The maximum absolute atomic E-state index is 13.6. The minimum Gasteiger partial charge on any atom is -0.461 e. The van der Waals surface area contributed by atoms with Crippen LogP contribution in [-0.4, -0.2) is 63.8 Å². The number of carbonyl (C=O) groups excluding carboxylic acids is 2. The molecule has 4 aliphatic carbocycles. The summed E-state index contributed by atoms with van der Waals surface area (Å²) in [5.74, 6) is -4.69. The molecule has 0 radical (unpaired) electrons. The Balaban J connectivity index is 0.00000245. The van der Waals surface area contributed by atoms with Gasteiger partial charge in [-0.2, -0.15) is 0 Å². The van der Waals surface area contributed by atoms with E-state index in [0.29, 0.717) is 25.7 Å². The zero-order valence-corrected chi connectivity index (χ0v) is 21.3. The summed E-state index contributed by atoms with van der Waals surface area (Å²) in [6.07, 6.45) is -0.994. The van der Waals surface area contributed by atoms with E-state index in [-0.39, 0.29) is 41.7 Å². The quantitative estimate of drug-likeness (QED) is 0.199. The molecule has 6 fully saturated rings. The Morgan fingerprint density at radius 3 is 2.53 bits per heavy atom. The Kier molecular flexibility index (Phi) is 5.69. The second kappa shape index (κ2) is 7.34. The molecule has 10 atom stereocenters. The first-order valence-electron chi connectivity index (χ1n) is 11.3. The molecule has 2 spiro atoms. The number of hydrogen-bond acceptors (Lipinski definition) is 8. The molecule has 0 aromatic carbocycles. The van der Waals surface area contributed by atoms with E-state index in [1.54, 1.807) is 6.92 Å². The van der Waals surface area contributed by atoms with Crippen LogP contribution in [0.5, 0.6) is 0 Å². The number of carbonyl (C=O) groups is 2. The minimum absolute atomic E-state index is 0. The monoisotopic (exact) mass is 458 g/mol. The van der Waals surface area contributed by atoms with Gasteiger partial charge in [-0.1, -0.05) is 20.4 Å². The molecule has 9 heteroatoms. The largest absolute Gasteiger partial charge is 1.00 e. The van der Waals surface area contributed by atoms with Gasteiger partial charge in [-0.15, -0.1) is 0 Å². The van der Waals surface area contributed by atoms with Crippen molar-refractivity contribution in [3.8, 4) is 0 Å². The summed E-state index contributed by atoms with van der Waals surface area (Å²) >= 11 is 0. The Morgan fingerprint density at radius 2 is 1.91 bits per heavy atom. The van der Waals surface area contributed by atoms with E-state index in [0.717, 1.165) is 0 Å². The molecule has 0 amide bonds. The molecule has 172 valence electrons. The average Bonchev–Trinajstić information content (AvgIpc) is 2.80. The van der Waals surface area contributed by atoms with Gasteiger partial charge in [0, 0.05) is 17.3 Å². The molecule has 4 saturated carbocycles. The first kappa shape index (κ1) is 24.8. The van der Waals surface area contributed by atoms with Gasteiger partial charge in [0.15, 0.2) is 5.78 Å². The van der Waals surface area contributed by atoms with Gasteiger partial charge in [-0.25, -0.2) is 0 Å². The summed E-state index contributed by atoms with van der Waals surface area (Å²) < 4.78 is 11.9. The number of ether oxygens (including phenoxy) is 2. The molecule has 5 N–H and O–H groups in total. The van der Waals surface area contributed by atoms with E-state index in [4.69, 9.17) is 15.2 Å². The molecule has 2 aliphatic heterocycles. The third-order valence-electron chi connectivity index (χ3n) is 9.48. The van der Waals surface area contributed by atoms with Crippen molar-refractivity contribution in [3.05, 3.63) is 12.2 Å². The smallest absolute Gasteiger partial charge is 0.461 e. The van der Waals surface area contributed by atoms with E-state index in [9.17, 15) is 24.9 Å². The predicted molar refractivity (Wildman–Crippen MR) is 108 cm³/mol. The van der Waals surface area contributed by atoms with E-state index in [2.05, 4.69) is 6.58 Å². The fraction of sp³-hybridized carbons (Fsp3) is 0.826. The molecule has 2 heterocycles. The summed E-state index contributed by atoms with van der Waals surface area (Å²) in [5, 5.41) is 34.8. The number of hydrogen-bond donors (Lipinski definition) is 4. The van der Waals surface area contributed by atoms with Crippen molar-refractivity contribution < 1.29 is 63.9 Å². The number of rotatable bonds is 2. The van der Waals surface area contributed by atoms with Crippen LogP contribution in [0.25, 0.3) is 0 Å². The number of aliphatic hydroxyl groups excluding tert-OH is 2. The van der Waals surface area contributed by atoms with E-state index in [1.165, 1.54) is 0 Å². The molecule has 6 aliphatic rings. The van der Waals surface area contributed by atoms with Gasteiger partial charge >= 0.3 is 35.5 Å². The topological polar surface area (TPSA) is 139 Å². The standard InChI is InChI=1S/C23H33NO7.Na/c1-10-12-5-6-13-21-9-30-23(29,22(13,16(10)25)17(12)26)18(27)15(21)20(3,4)8-7-14(21)31-19(28)11(2)24;/h11-15,17-18,26-27,29H,1,5-9,24H2,2-4H3;/q;+1/t11?,12?,13?,14-,15?,17+,18-,21?,22?,23-;/m0./s1. The Bertz CT molecular complexity index is 876. The van der Waals surface area contributed by atoms with Gasteiger partial charge in [0.25, 0.3) is 0 Å². The molecule has 32 heavy (non-hydrogen) atoms. The van der Waals surface area contributed by atoms with Crippen molar-refractivity contribution in [2.24, 2.45) is 39.7 Å². The van der Waals surface area contributed by atoms with Crippen LogP contribution in [-0.2, 0) is 19.1 Å². The van der Waals surface area contributed by atoms with Crippen molar-refractivity contribution in [2.75, 3.05) is 6.61 Å². The van der Waals surface area contributed by atoms with Gasteiger partial charge in [-0.3, -0.25) is 9.59 Å². The molecule has 8 nitrogen and oxygen atoms in total. The van der Waals surface area contributed by atoms with Gasteiger partial charge in [0.2, 0.25) is 5.79 Å². The van der Waals surface area contributed by atoms with Crippen LogP contribution in [0.3, 0.4) is 0 Å². The van der Waals surface area contributed by atoms with Crippen molar-refractivity contribution in [1.82, 2.24) is 0 Å². The van der Waals surface area contributed by atoms with Crippen molar-refractivity contribution in [1.29, 1.82) is 0 Å². The third-order valence-corrected chi connectivity index (χ3v) is 9.48. The Labute approximate surface area is 210 Å². The summed E-state index contributed by atoms with van der Waals surface area (Å²) in [4.78, 5) is 26.2. The van der Waals surface area contributed by atoms with Crippen LogP contribution in [0.2, 0.25) is 0 Å². The fourth-order valence-electron chi connectivity index (χ4n) is 8.29. The molecule has 2 saturated heterocycles. The fourth-order valence-corrected chi connectivity index (χ4v) is 8.29. The molecular formula is C23H33NNaO7+.